The number of nitrogens with zero attached hydrogens (tertiary/aromatic N) is 1. The molecule has 3 rings (SSSR count). The summed E-state index contributed by atoms with van der Waals surface area (Å²) in [6, 6.07) is 9.31. The van der Waals surface area contributed by atoms with Crippen LogP contribution in [0.3, 0.4) is 0 Å². The van der Waals surface area contributed by atoms with Gasteiger partial charge in [0.15, 0.2) is 0 Å². The van der Waals surface area contributed by atoms with Gasteiger partial charge < -0.3 is 11.1 Å². The highest BCUT2D eigenvalue weighted by Gasteiger charge is 2.41. The highest BCUT2D eigenvalue weighted by atomic mass is 35.5. The van der Waals surface area contributed by atoms with Crippen LogP contribution >= 0.6 is 11.6 Å². The number of hydrogen-bond acceptors (Lipinski definition) is 3. The van der Waals surface area contributed by atoms with E-state index in [0.717, 1.165) is 24.0 Å². The number of nitrogens with two attached hydrogens (primary N) is 1. The number of rotatable bonds is 5. The van der Waals surface area contributed by atoms with Gasteiger partial charge in [0.1, 0.15) is 0 Å². The average molecular weight is 330 g/mol. The van der Waals surface area contributed by atoms with E-state index in [4.69, 9.17) is 17.3 Å². The van der Waals surface area contributed by atoms with Gasteiger partial charge in [0, 0.05) is 29.5 Å². The zero-order chi connectivity index (χ0) is 16.4. The van der Waals surface area contributed by atoms with Crippen molar-refractivity contribution in [1.82, 2.24) is 10.3 Å². The van der Waals surface area contributed by atoms with Crippen LogP contribution in [-0.4, -0.2) is 23.0 Å². The number of carbonyl (C=O) groups excluding carboxylic acids is 1. The minimum absolute atomic E-state index is 0.131. The molecule has 120 valence electrons. The number of hydrogen-bond donors (Lipinski definition) is 2. The highest BCUT2D eigenvalue weighted by molar-refractivity contribution is 6.30. The number of halogens is 1. The van der Waals surface area contributed by atoms with Gasteiger partial charge in [-0.3, -0.25) is 9.78 Å². The van der Waals surface area contributed by atoms with Crippen molar-refractivity contribution in [2.75, 3.05) is 6.54 Å². The van der Waals surface area contributed by atoms with Crippen LogP contribution in [0.4, 0.5) is 0 Å². The SMILES string of the molecule is CC(CN)(NC(=O)c1cncc(-c2ccc(Cl)cc2)c1)C1CC1. The standard InChI is InChI=1S/C18H20ClN3O/c1-18(11-20,15-4-5-15)22-17(23)14-8-13(9-21-10-14)12-2-6-16(19)7-3-12/h2-3,6-10,15H,4-5,11,20H2,1H3,(H,22,23). The second kappa shape index (κ2) is 6.30. The lowest BCUT2D eigenvalue weighted by molar-refractivity contribution is 0.0897. The summed E-state index contributed by atoms with van der Waals surface area (Å²) in [4.78, 5) is 16.8. The second-order valence-corrected chi connectivity index (χ2v) is 6.76. The minimum Gasteiger partial charge on any atom is -0.345 e. The fraction of sp³-hybridized carbons (Fsp3) is 0.333. The first-order valence-electron chi connectivity index (χ1n) is 7.75. The summed E-state index contributed by atoms with van der Waals surface area (Å²) < 4.78 is 0. The van der Waals surface area contributed by atoms with Crippen molar-refractivity contribution < 1.29 is 4.79 Å². The normalized spacial score (nSPS) is 16.7. The number of benzene rings is 1. The molecule has 0 bridgehead atoms. The number of aromatic nitrogens is 1. The number of nitrogens with one attached hydrogen (secondary N) is 1. The summed E-state index contributed by atoms with van der Waals surface area (Å²) in [7, 11) is 0. The maximum atomic E-state index is 12.6. The summed E-state index contributed by atoms with van der Waals surface area (Å²) in [5.41, 5.74) is 7.92. The molecule has 4 nitrogen and oxygen atoms in total. The summed E-state index contributed by atoms with van der Waals surface area (Å²) in [5.74, 6) is 0.344. The molecule has 0 aliphatic heterocycles. The first-order chi connectivity index (χ1) is 11.0. The largest absolute Gasteiger partial charge is 0.345 e. The Labute approximate surface area is 141 Å². The fourth-order valence-electron chi connectivity index (χ4n) is 2.74. The molecule has 1 unspecified atom stereocenters. The Morgan fingerprint density at radius 3 is 2.61 bits per heavy atom. The molecule has 1 heterocycles. The van der Waals surface area contributed by atoms with Gasteiger partial charge in [-0.1, -0.05) is 23.7 Å². The third-order valence-electron chi connectivity index (χ3n) is 4.48. The van der Waals surface area contributed by atoms with E-state index in [0.29, 0.717) is 23.0 Å². The van der Waals surface area contributed by atoms with E-state index in [-0.39, 0.29) is 11.4 Å². The molecule has 0 radical (unpaired) electrons. The van der Waals surface area contributed by atoms with Gasteiger partial charge in [-0.05, 0) is 49.4 Å². The molecule has 0 saturated heterocycles. The highest BCUT2D eigenvalue weighted by Crippen LogP contribution is 2.39. The van der Waals surface area contributed by atoms with Gasteiger partial charge in [-0.2, -0.15) is 0 Å². The predicted molar refractivity (Wildman–Crippen MR) is 92.3 cm³/mol. The average Bonchev–Trinajstić information content (AvgIpc) is 3.41. The van der Waals surface area contributed by atoms with Gasteiger partial charge in [0.05, 0.1) is 11.1 Å². The maximum absolute atomic E-state index is 12.6. The van der Waals surface area contributed by atoms with Crippen LogP contribution in [0, 0.1) is 5.92 Å². The predicted octanol–water partition coefficient (Wildman–Crippen LogP) is 3.26. The summed E-state index contributed by atoms with van der Waals surface area (Å²) in [6.07, 6.45) is 5.57. The third-order valence-corrected chi connectivity index (χ3v) is 4.73. The Balaban J connectivity index is 1.81. The molecule has 1 fully saturated rings. The van der Waals surface area contributed by atoms with Gasteiger partial charge in [0.2, 0.25) is 0 Å². The molecule has 1 aliphatic carbocycles. The molecule has 23 heavy (non-hydrogen) atoms. The zero-order valence-corrected chi connectivity index (χ0v) is 13.8. The zero-order valence-electron chi connectivity index (χ0n) is 13.1. The van der Waals surface area contributed by atoms with Gasteiger partial charge >= 0.3 is 0 Å². The number of amides is 1. The van der Waals surface area contributed by atoms with E-state index in [1.807, 2.05) is 37.3 Å². The molecule has 1 saturated carbocycles. The van der Waals surface area contributed by atoms with Crippen molar-refractivity contribution in [3.05, 3.63) is 53.3 Å². The van der Waals surface area contributed by atoms with Gasteiger partial charge in [-0.25, -0.2) is 0 Å². The molecule has 1 aliphatic rings. The van der Waals surface area contributed by atoms with Crippen molar-refractivity contribution >= 4 is 17.5 Å². The van der Waals surface area contributed by atoms with Crippen LogP contribution in [0.25, 0.3) is 11.1 Å². The number of pyridine rings is 1. The van der Waals surface area contributed by atoms with Gasteiger partial charge in [0.25, 0.3) is 5.91 Å². The molecule has 0 spiro atoms. The molecule has 1 aromatic carbocycles. The second-order valence-electron chi connectivity index (χ2n) is 6.32. The van der Waals surface area contributed by atoms with Crippen molar-refractivity contribution in [2.24, 2.45) is 11.7 Å². The monoisotopic (exact) mass is 329 g/mol. The third kappa shape index (κ3) is 3.54. The van der Waals surface area contributed by atoms with Crippen molar-refractivity contribution in [2.45, 2.75) is 25.3 Å². The quantitative estimate of drug-likeness (QED) is 0.884. The Bertz CT molecular complexity index is 712. The van der Waals surface area contributed by atoms with E-state index in [1.165, 1.54) is 0 Å². The lowest BCUT2D eigenvalue weighted by atomic mass is 9.95. The van der Waals surface area contributed by atoms with E-state index < -0.39 is 0 Å². The topological polar surface area (TPSA) is 68.0 Å². The lowest BCUT2D eigenvalue weighted by Gasteiger charge is -2.29. The molecular weight excluding hydrogens is 310 g/mol. The van der Waals surface area contributed by atoms with E-state index in [2.05, 4.69) is 10.3 Å². The number of carbonyl (C=O) groups is 1. The molecule has 5 heteroatoms. The molecule has 1 aromatic heterocycles. The van der Waals surface area contributed by atoms with Crippen LogP contribution in [0.15, 0.2) is 42.7 Å². The van der Waals surface area contributed by atoms with Crippen LogP contribution < -0.4 is 11.1 Å². The Morgan fingerprint density at radius 2 is 2.00 bits per heavy atom. The van der Waals surface area contributed by atoms with Crippen LogP contribution in [0.5, 0.6) is 0 Å². The van der Waals surface area contributed by atoms with E-state index >= 15 is 0 Å². The molecule has 2 aromatic rings. The first-order valence-corrected chi connectivity index (χ1v) is 8.13. The molecule has 3 N–H and O–H groups in total. The van der Waals surface area contributed by atoms with Crippen LogP contribution in [-0.2, 0) is 0 Å². The Morgan fingerprint density at radius 1 is 1.30 bits per heavy atom. The molecule has 1 amide bonds. The summed E-state index contributed by atoms with van der Waals surface area (Å²) in [6.45, 7) is 2.45. The van der Waals surface area contributed by atoms with Crippen molar-refractivity contribution in [1.29, 1.82) is 0 Å². The van der Waals surface area contributed by atoms with Crippen molar-refractivity contribution in [3.8, 4) is 11.1 Å². The van der Waals surface area contributed by atoms with E-state index in [9.17, 15) is 4.79 Å². The van der Waals surface area contributed by atoms with Crippen LogP contribution in [0.1, 0.15) is 30.1 Å². The summed E-state index contributed by atoms with van der Waals surface area (Å²) in [5, 5.41) is 3.76. The van der Waals surface area contributed by atoms with Crippen LogP contribution in [0.2, 0.25) is 5.02 Å². The fourth-order valence-corrected chi connectivity index (χ4v) is 2.86. The Kier molecular flexibility index (Phi) is 4.37. The smallest absolute Gasteiger partial charge is 0.253 e. The molecular formula is C18H20ClN3O. The summed E-state index contributed by atoms with van der Waals surface area (Å²) >= 11 is 5.91. The maximum Gasteiger partial charge on any atom is 0.253 e. The lowest BCUT2D eigenvalue weighted by Crippen LogP contribution is -2.53. The minimum atomic E-state index is -0.340. The van der Waals surface area contributed by atoms with E-state index in [1.54, 1.807) is 12.4 Å². The first kappa shape index (κ1) is 16.0. The van der Waals surface area contributed by atoms with Crippen molar-refractivity contribution in [3.63, 3.8) is 0 Å². The molecule has 1 atom stereocenters. The van der Waals surface area contributed by atoms with Gasteiger partial charge in [-0.15, -0.1) is 0 Å². The Hall–Kier alpha value is -1.91.